The number of nitrogens with zero attached hydrogens (tertiary/aromatic N) is 2. The first-order valence-corrected chi connectivity index (χ1v) is 6.16. The highest BCUT2D eigenvalue weighted by Gasteiger charge is 2.01. The van der Waals surface area contributed by atoms with Gasteiger partial charge in [0, 0.05) is 42.6 Å². The fraction of sp³-hybridized carbons (Fsp3) is 0.214. The van der Waals surface area contributed by atoms with Gasteiger partial charge in [-0.2, -0.15) is 5.10 Å². The van der Waals surface area contributed by atoms with Crippen molar-refractivity contribution in [2.75, 3.05) is 6.54 Å². The first-order valence-electron chi connectivity index (χ1n) is 6.16. The Hall–Kier alpha value is -2.07. The van der Waals surface area contributed by atoms with E-state index < -0.39 is 0 Å². The fourth-order valence-electron chi connectivity index (χ4n) is 2.13. The Kier molecular flexibility index (Phi) is 3.10. The van der Waals surface area contributed by atoms with Crippen molar-refractivity contribution in [2.24, 2.45) is 0 Å². The average Bonchev–Trinajstić information content (AvgIpc) is 3.04. The number of rotatable bonds is 5. The third-order valence-electron chi connectivity index (χ3n) is 3.07. The highest BCUT2D eigenvalue weighted by atomic mass is 15.3. The zero-order valence-corrected chi connectivity index (χ0v) is 10.1. The highest BCUT2D eigenvalue weighted by Crippen LogP contribution is 2.16. The summed E-state index contributed by atoms with van der Waals surface area (Å²) in [5, 5.41) is 8.90. The lowest BCUT2D eigenvalue weighted by Crippen LogP contribution is -2.19. The summed E-state index contributed by atoms with van der Waals surface area (Å²) >= 11 is 0. The van der Waals surface area contributed by atoms with Gasteiger partial charge in [0.05, 0.1) is 6.54 Å². The number of hydrogen-bond acceptors (Lipinski definition) is 2. The minimum atomic E-state index is 0.880. The second kappa shape index (κ2) is 5.06. The van der Waals surface area contributed by atoms with E-state index in [-0.39, 0.29) is 0 Å². The van der Waals surface area contributed by atoms with E-state index in [2.05, 4.69) is 39.8 Å². The Labute approximate surface area is 106 Å². The Morgan fingerprint density at radius 2 is 2.17 bits per heavy atom. The van der Waals surface area contributed by atoms with Gasteiger partial charge in [-0.15, -0.1) is 0 Å². The van der Waals surface area contributed by atoms with E-state index in [4.69, 9.17) is 0 Å². The van der Waals surface area contributed by atoms with Gasteiger partial charge in [-0.25, -0.2) is 0 Å². The number of H-pyrrole nitrogens is 1. The molecule has 4 heteroatoms. The Morgan fingerprint density at radius 1 is 1.22 bits per heavy atom. The number of aromatic nitrogens is 3. The zero-order chi connectivity index (χ0) is 12.2. The van der Waals surface area contributed by atoms with E-state index in [1.54, 1.807) is 6.20 Å². The van der Waals surface area contributed by atoms with Crippen molar-refractivity contribution >= 4 is 10.9 Å². The Morgan fingerprint density at radius 3 is 3.06 bits per heavy atom. The standard InChI is InChI=1S/C14H16N4/c1-2-5-14-13(4-1)12(11-16-14)10-15-7-9-18-8-3-6-17-18/h1-6,8,11,15-16H,7,9-10H2. The fourth-order valence-corrected chi connectivity index (χ4v) is 2.13. The molecule has 3 aromatic rings. The summed E-state index contributed by atoms with van der Waals surface area (Å²) < 4.78 is 1.93. The van der Waals surface area contributed by atoms with Gasteiger partial charge >= 0.3 is 0 Å². The maximum atomic E-state index is 4.17. The maximum absolute atomic E-state index is 4.17. The van der Waals surface area contributed by atoms with E-state index in [1.165, 1.54) is 16.5 Å². The van der Waals surface area contributed by atoms with Gasteiger partial charge in [-0.05, 0) is 17.7 Å². The third kappa shape index (κ3) is 2.28. The van der Waals surface area contributed by atoms with Crippen molar-refractivity contribution < 1.29 is 0 Å². The number of benzene rings is 1. The lowest BCUT2D eigenvalue weighted by Gasteiger charge is -2.04. The molecule has 0 fully saturated rings. The molecular formula is C14H16N4. The highest BCUT2D eigenvalue weighted by molar-refractivity contribution is 5.82. The minimum Gasteiger partial charge on any atom is -0.361 e. The Balaban J connectivity index is 1.57. The molecule has 92 valence electrons. The molecule has 2 aromatic heterocycles. The third-order valence-corrected chi connectivity index (χ3v) is 3.07. The molecule has 1 aromatic carbocycles. The van der Waals surface area contributed by atoms with Crippen molar-refractivity contribution in [1.29, 1.82) is 0 Å². The number of nitrogens with one attached hydrogen (secondary N) is 2. The van der Waals surface area contributed by atoms with Crippen molar-refractivity contribution in [2.45, 2.75) is 13.1 Å². The zero-order valence-electron chi connectivity index (χ0n) is 10.1. The molecule has 0 amide bonds. The predicted molar refractivity (Wildman–Crippen MR) is 72.2 cm³/mol. The number of para-hydroxylation sites is 1. The quantitative estimate of drug-likeness (QED) is 0.671. The maximum Gasteiger partial charge on any atom is 0.0534 e. The smallest absolute Gasteiger partial charge is 0.0534 e. The molecule has 0 saturated carbocycles. The van der Waals surface area contributed by atoms with Crippen molar-refractivity contribution in [3.05, 3.63) is 54.5 Å². The topological polar surface area (TPSA) is 45.6 Å². The summed E-state index contributed by atoms with van der Waals surface area (Å²) in [4.78, 5) is 3.29. The summed E-state index contributed by atoms with van der Waals surface area (Å²) in [5.74, 6) is 0. The monoisotopic (exact) mass is 240 g/mol. The van der Waals surface area contributed by atoms with Crippen LogP contribution in [0.2, 0.25) is 0 Å². The summed E-state index contributed by atoms with van der Waals surface area (Å²) in [7, 11) is 0. The van der Waals surface area contributed by atoms with Crippen LogP contribution in [-0.2, 0) is 13.1 Å². The summed E-state index contributed by atoms with van der Waals surface area (Å²) in [6.45, 7) is 2.70. The van der Waals surface area contributed by atoms with Crippen LogP contribution in [0.15, 0.2) is 48.9 Å². The Bertz CT molecular complexity index is 610. The first-order chi connectivity index (χ1) is 8.93. The van der Waals surface area contributed by atoms with Crippen LogP contribution >= 0.6 is 0 Å². The van der Waals surface area contributed by atoms with Crippen molar-refractivity contribution in [3.63, 3.8) is 0 Å². The SMILES string of the molecule is c1ccc2c(CNCCn3cccn3)c[nH]c2c1. The van der Waals surface area contributed by atoms with Gasteiger partial charge in [0.25, 0.3) is 0 Å². The van der Waals surface area contributed by atoms with Crippen LogP contribution in [0.3, 0.4) is 0 Å². The van der Waals surface area contributed by atoms with Gasteiger partial charge in [0.15, 0.2) is 0 Å². The molecule has 0 aliphatic heterocycles. The van der Waals surface area contributed by atoms with Crippen LogP contribution in [0.5, 0.6) is 0 Å². The molecule has 2 N–H and O–H groups in total. The molecule has 0 spiro atoms. The van der Waals surface area contributed by atoms with E-state index in [9.17, 15) is 0 Å². The van der Waals surface area contributed by atoms with Crippen molar-refractivity contribution in [1.82, 2.24) is 20.1 Å². The van der Waals surface area contributed by atoms with Crippen LogP contribution in [0.25, 0.3) is 10.9 Å². The lowest BCUT2D eigenvalue weighted by molar-refractivity contribution is 0.555. The second-order valence-corrected chi connectivity index (χ2v) is 4.31. The molecule has 3 rings (SSSR count). The van der Waals surface area contributed by atoms with Crippen LogP contribution < -0.4 is 5.32 Å². The molecule has 4 nitrogen and oxygen atoms in total. The van der Waals surface area contributed by atoms with Crippen LogP contribution in [0.4, 0.5) is 0 Å². The van der Waals surface area contributed by atoms with Crippen molar-refractivity contribution in [3.8, 4) is 0 Å². The van der Waals surface area contributed by atoms with Crippen LogP contribution in [0.1, 0.15) is 5.56 Å². The summed E-state index contributed by atoms with van der Waals surface area (Å²) in [6, 6.07) is 10.3. The summed E-state index contributed by atoms with van der Waals surface area (Å²) in [5.41, 5.74) is 2.51. The first kappa shape index (κ1) is 11.0. The molecule has 0 aliphatic rings. The van der Waals surface area contributed by atoms with E-state index >= 15 is 0 Å². The van der Waals surface area contributed by atoms with E-state index in [1.807, 2.05) is 23.0 Å². The molecule has 0 aliphatic carbocycles. The molecule has 0 atom stereocenters. The number of fused-ring (bicyclic) bond motifs is 1. The average molecular weight is 240 g/mol. The molecule has 0 unspecified atom stereocenters. The molecule has 0 saturated heterocycles. The number of aromatic amines is 1. The van der Waals surface area contributed by atoms with Gasteiger partial charge in [0.1, 0.15) is 0 Å². The van der Waals surface area contributed by atoms with Gasteiger partial charge in [-0.1, -0.05) is 18.2 Å². The van der Waals surface area contributed by atoms with E-state index in [0.29, 0.717) is 0 Å². The lowest BCUT2D eigenvalue weighted by atomic mass is 10.2. The van der Waals surface area contributed by atoms with Gasteiger partial charge < -0.3 is 10.3 Å². The van der Waals surface area contributed by atoms with Gasteiger partial charge in [-0.3, -0.25) is 4.68 Å². The molecule has 0 bridgehead atoms. The van der Waals surface area contributed by atoms with E-state index in [0.717, 1.165) is 19.6 Å². The minimum absolute atomic E-state index is 0.880. The summed E-state index contributed by atoms with van der Waals surface area (Å²) in [6.07, 6.45) is 5.86. The molecule has 18 heavy (non-hydrogen) atoms. The normalized spacial score (nSPS) is 11.1. The second-order valence-electron chi connectivity index (χ2n) is 4.31. The predicted octanol–water partition coefficient (Wildman–Crippen LogP) is 2.15. The van der Waals surface area contributed by atoms with Crippen LogP contribution in [0, 0.1) is 0 Å². The van der Waals surface area contributed by atoms with Gasteiger partial charge in [0.2, 0.25) is 0 Å². The van der Waals surface area contributed by atoms with Crippen LogP contribution in [-0.4, -0.2) is 21.3 Å². The molecular weight excluding hydrogens is 224 g/mol. The largest absolute Gasteiger partial charge is 0.361 e. The number of hydrogen-bond donors (Lipinski definition) is 2. The molecule has 0 radical (unpaired) electrons. The molecule has 2 heterocycles.